The summed E-state index contributed by atoms with van der Waals surface area (Å²) in [7, 11) is 0. The van der Waals surface area contributed by atoms with Gasteiger partial charge in [0.2, 0.25) is 0 Å². The van der Waals surface area contributed by atoms with Crippen LogP contribution in [-0.4, -0.2) is 35.5 Å². The van der Waals surface area contributed by atoms with Crippen molar-refractivity contribution in [2.45, 2.75) is 83.1 Å². The SMILES string of the molecule is CCOC(=O)N1CCC(=O)CC12CCCCCCCCC2. The second kappa shape index (κ2) is 7.81. The summed E-state index contributed by atoms with van der Waals surface area (Å²) in [6, 6.07) is 0. The van der Waals surface area contributed by atoms with Crippen molar-refractivity contribution >= 4 is 11.9 Å². The fourth-order valence-corrected chi connectivity index (χ4v) is 3.87. The molecule has 1 amide bonds. The summed E-state index contributed by atoms with van der Waals surface area (Å²) >= 11 is 0. The van der Waals surface area contributed by atoms with Crippen LogP contribution in [-0.2, 0) is 9.53 Å². The molecule has 1 saturated carbocycles. The molecule has 4 heteroatoms. The molecule has 1 aliphatic heterocycles. The number of piperidine rings is 1. The van der Waals surface area contributed by atoms with Gasteiger partial charge in [0.25, 0.3) is 0 Å². The van der Waals surface area contributed by atoms with Crippen LogP contribution in [0.25, 0.3) is 0 Å². The third-order valence-electron chi connectivity index (χ3n) is 4.99. The Labute approximate surface area is 128 Å². The fraction of sp³-hybridized carbons (Fsp3) is 0.882. The number of rotatable bonds is 1. The van der Waals surface area contributed by atoms with Crippen molar-refractivity contribution in [3.8, 4) is 0 Å². The maximum absolute atomic E-state index is 12.3. The van der Waals surface area contributed by atoms with Gasteiger partial charge in [-0.1, -0.05) is 44.9 Å². The zero-order valence-electron chi connectivity index (χ0n) is 13.4. The van der Waals surface area contributed by atoms with E-state index >= 15 is 0 Å². The molecule has 4 nitrogen and oxygen atoms in total. The van der Waals surface area contributed by atoms with E-state index in [0.717, 1.165) is 25.7 Å². The van der Waals surface area contributed by atoms with Gasteiger partial charge < -0.3 is 9.64 Å². The lowest BCUT2D eigenvalue weighted by atomic mass is 9.77. The van der Waals surface area contributed by atoms with Gasteiger partial charge in [-0.25, -0.2) is 4.79 Å². The van der Waals surface area contributed by atoms with E-state index in [0.29, 0.717) is 31.8 Å². The molecule has 21 heavy (non-hydrogen) atoms. The average molecular weight is 295 g/mol. The highest BCUT2D eigenvalue weighted by Gasteiger charge is 2.44. The van der Waals surface area contributed by atoms with Crippen LogP contribution >= 0.6 is 0 Å². The molecule has 2 aliphatic rings. The lowest BCUT2D eigenvalue weighted by molar-refractivity contribution is -0.126. The van der Waals surface area contributed by atoms with Gasteiger partial charge in [0, 0.05) is 19.4 Å². The zero-order chi connectivity index (χ0) is 15.1. The number of amides is 1. The van der Waals surface area contributed by atoms with Crippen molar-refractivity contribution in [1.82, 2.24) is 4.90 Å². The maximum Gasteiger partial charge on any atom is 0.410 e. The minimum atomic E-state index is -0.265. The van der Waals surface area contributed by atoms with Crippen molar-refractivity contribution < 1.29 is 14.3 Å². The van der Waals surface area contributed by atoms with Gasteiger partial charge in [-0.3, -0.25) is 4.79 Å². The normalized spacial score (nSPS) is 23.9. The number of carbonyl (C=O) groups is 2. The highest BCUT2D eigenvalue weighted by atomic mass is 16.6. The largest absolute Gasteiger partial charge is 0.450 e. The molecule has 0 aromatic carbocycles. The Morgan fingerprint density at radius 2 is 1.67 bits per heavy atom. The molecular weight excluding hydrogens is 266 g/mol. The second-order valence-corrected chi connectivity index (χ2v) is 6.52. The Kier molecular flexibility index (Phi) is 6.07. The first kappa shape index (κ1) is 16.3. The van der Waals surface area contributed by atoms with E-state index < -0.39 is 0 Å². The summed E-state index contributed by atoms with van der Waals surface area (Å²) in [6.07, 6.45) is 11.3. The first-order valence-electron chi connectivity index (χ1n) is 8.64. The van der Waals surface area contributed by atoms with Crippen molar-refractivity contribution in [2.75, 3.05) is 13.2 Å². The van der Waals surface area contributed by atoms with Gasteiger partial charge in [0.15, 0.2) is 0 Å². The van der Waals surface area contributed by atoms with Crippen molar-refractivity contribution in [3.63, 3.8) is 0 Å². The van der Waals surface area contributed by atoms with Crippen LogP contribution in [0, 0.1) is 0 Å². The molecule has 1 spiro atoms. The van der Waals surface area contributed by atoms with Crippen molar-refractivity contribution in [3.05, 3.63) is 0 Å². The van der Waals surface area contributed by atoms with E-state index in [-0.39, 0.29) is 11.6 Å². The topological polar surface area (TPSA) is 46.6 Å². The number of carbonyl (C=O) groups excluding carboxylic acids is 2. The fourth-order valence-electron chi connectivity index (χ4n) is 3.87. The lowest BCUT2D eigenvalue weighted by Gasteiger charge is -2.46. The molecule has 2 fully saturated rings. The number of ether oxygens (including phenoxy) is 1. The standard InChI is InChI=1S/C17H29NO3/c1-2-21-16(20)18-13-10-15(19)14-17(18)11-8-6-4-3-5-7-9-12-17/h2-14H2,1H3. The summed E-state index contributed by atoms with van der Waals surface area (Å²) in [5.74, 6) is 0.313. The first-order valence-corrected chi connectivity index (χ1v) is 8.64. The second-order valence-electron chi connectivity index (χ2n) is 6.52. The van der Waals surface area contributed by atoms with E-state index in [2.05, 4.69) is 0 Å². The van der Waals surface area contributed by atoms with E-state index in [1.807, 2.05) is 11.8 Å². The number of hydrogen-bond acceptors (Lipinski definition) is 3. The third kappa shape index (κ3) is 4.21. The number of Topliss-reactive ketones (excluding diaryl/α,β-unsaturated/α-hetero) is 1. The van der Waals surface area contributed by atoms with E-state index in [1.165, 1.54) is 32.1 Å². The van der Waals surface area contributed by atoms with Crippen LogP contribution in [0.1, 0.15) is 77.6 Å². The van der Waals surface area contributed by atoms with Crippen LogP contribution < -0.4 is 0 Å². The minimum Gasteiger partial charge on any atom is -0.450 e. The quantitative estimate of drug-likeness (QED) is 0.732. The lowest BCUT2D eigenvalue weighted by Crippen LogP contribution is -2.57. The van der Waals surface area contributed by atoms with Crippen LogP contribution in [0.4, 0.5) is 4.79 Å². The highest BCUT2D eigenvalue weighted by molar-refractivity contribution is 5.83. The predicted molar refractivity (Wildman–Crippen MR) is 82.3 cm³/mol. The van der Waals surface area contributed by atoms with Gasteiger partial charge in [-0.05, 0) is 19.8 Å². The molecule has 0 N–H and O–H groups in total. The molecule has 1 saturated heterocycles. The molecule has 0 aromatic heterocycles. The van der Waals surface area contributed by atoms with Crippen molar-refractivity contribution in [2.24, 2.45) is 0 Å². The maximum atomic E-state index is 12.3. The Balaban J connectivity index is 2.15. The summed E-state index contributed by atoms with van der Waals surface area (Å²) in [4.78, 5) is 26.2. The third-order valence-corrected chi connectivity index (χ3v) is 4.99. The Hall–Kier alpha value is -1.06. The summed E-state index contributed by atoms with van der Waals surface area (Å²) < 4.78 is 5.25. The zero-order valence-corrected chi connectivity index (χ0v) is 13.4. The average Bonchev–Trinajstić information content (AvgIpc) is 2.46. The molecule has 0 radical (unpaired) electrons. The van der Waals surface area contributed by atoms with Gasteiger partial charge >= 0.3 is 6.09 Å². The number of nitrogens with zero attached hydrogens (tertiary/aromatic N) is 1. The Morgan fingerprint density at radius 3 is 2.24 bits per heavy atom. The molecule has 0 bridgehead atoms. The van der Waals surface area contributed by atoms with Crippen molar-refractivity contribution in [1.29, 1.82) is 0 Å². The molecule has 0 aromatic rings. The van der Waals surface area contributed by atoms with Gasteiger partial charge in [0.1, 0.15) is 5.78 Å². The minimum absolute atomic E-state index is 0.220. The summed E-state index contributed by atoms with van der Waals surface area (Å²) in [5, 5.41) is 0. The Morgan fingerprint density at radius 1 is 1.10 bits per heavy atom. The molecule has 1 aliphatic carbocycles. The summed E-state index contributed by atoms with van der Waals surface area (Å²) in [6.45, 7) is 2.78. The van der Waals surface area contributed by atoms with Crippen LogP contribution in [0.5, 0.6) is 0 Å². The van der Waals surface area contributed by atoms with Crippen LogP contribution in [0.3, 0.4) is 0 Å². The number of hydrogen-bond donors (Lipinski definition) is 0. The van der Waals surface area contributed by atoms with E-state index in [1.54, 1.807) is 0 Å². The Bertz CT molecular complexity index is 357. The monoisotopic (exact) mass is 295 g/mol. The first-order chi connectivity index (χ1) is 10.2. The van der Waals surface area contributed by atoms with Gasteiger partial charge in [-0.2, -0.15) is 0 Å². The molecule has 2 rings (SSSR count). The van der Waals surface area contributed by atoms with Crippen LogP contribution in [0.2, 0.25) is 0 Å². The van der Waals surface area contributed by atoms with E-state index in [9.17, 15) is 9.59 Å². The van der Waals surface area contributed by atoms with E-state index in [4.69, 9.17) is 4.74 Å². The summed E-state index contributed by atoms with van der Waals surface area (Å²) in [5.41, 5.74) is -0.265. The van der Waals surface area contributed by atoms with Crippen LogP contribution in [0.15, 0.2) is 0 Å². The van der Waals surface area contributed by atoms with Gasteiger partial charge in [0.05, 0.1) is 12.1 Å². The molecule has 120 valence electrons. The predicted octanol–water partition coefficient (Wildman–Crippen LogP) is 4.07. The number of likely N-dealkylation sites (tertiary alicyclic amines) is 1. The molecular formula is C17H29NO3. The number of ketones is 1. The molecule has 1 heterocycles. The van der Waals surface area contributed by atoms with Gasteiger partial charge in [-0.15, -0.1) is 0 Å². The highest BCUT2D eigenvalue weighted by Crippen LogP contribution is 2.37. The smallest absolute Gasteiger partial charge is 0.410 e. The molecule has 0 unspecified atom stereocenters. The molecule has 0 atom stereocenters.